The van der Waals surface area contributed by atoms with E-state index < -0.39 is 29.5 Å². The van der Waals surface area contributed by atoms with Crippen LogP contribution in [0.1, 0.15) is 28.6 Å². The maximum Gasteiger partial charge on any atom is 0.323 e. The maximum atomic E-state index is 14.5. The second-order valence-corrected chi connectivity index (χ2v) is 9.07. The van der Waals surface area contributed by atoms with E-state index in [4.69, 9.17) is 5.10 Å². The number of hydrogen-bond acceptors (Lipinski definition) is 2. The Bertz CT molecular complexity index is 1640. The van der Waals surface area contributed by atoms with Crippen LogP contribution in [0.2, 0.25) is 0 Å². The van der Waals surface area contributed by atoms with Crippen molar-refractivity contribution in [2.75, 3.05) is 5.32 Å². The number of nitrogens with zero attached hydrogens (tertiary/aromatic N) is 4. The molecule has 9 heteroatoms. The number of rotatable bonds is 3. The number of aryl methyl sites for hydroxylation is 1. The van der Waals surface area contributed by atoms with E-state index in [1.54, 1.807) is 17.0 Å². The minimum absolute atomic E-state index is 0.131. The summed E-state index contributed by atoms with van der Waals surface area (Å²) in [6.07, 6.45) is 1.90. The second kappa shape index (κ2) is 9.26. The number of halogens is 3. The van der Waals surface area contributed by atoms with Crippen LogP contribution in [0.25, 0.3) is 11.5 Å². The van der Waals surface area contributed by atoms with Gasteiger partial charge in [-0.05, 0) is 61.0 Å². The zero-order valence-electron chi connectivity index (χ0n) is 20.3. The summed E-state index contributed by atoms with van der Waals surface area (Å²) in [5, 5.41) is 7.37. The van der Waals surface area contributed by atoms with E-state index >= 15 is 0 Å². The fourth-order valence-electron chi connectivity index (χ4n) is 4.92. The molecule has 3 heterocycles. The van der Waals surface area contributed by atoms with Crippen molar-refractivity contribution in [1.29, 1.82) is 0 Å². The number of carbonyl (C=O) groups is 1. The second-order valence-electron chi connectivity index (χ2n) is 9.07. The third-order valence-corrected chi connectivity index (χ3v) is 6.71. The van der Waals surface area contributed by atoms with Crippen LogP contribution in [0, 0.1) is 24.4 Å². The molecule has 6 rings (SSSR count). The van der Waals surface area contributed by atoms with E-state index in [1.807, 2.05) is 64.8 Å². The molecule has 5 aromatic rings. The number of nitrogens with one attached hydrogen (secondary N) is 1. The number of amides is 2. The Balaban J connectivity index is 1.53. The Morgan fingerprint density at radius 3 is 2.39 bits per heavy atom. The minimum atomic E-state index is -0.886. The summed E-state index contributed by atoms with van der Waals surface area (Å²) in [6, 6.07) is 21.1. The molecule has 0 aliphatic carbocycles. The third-order valence-electron chi connectivity index (χ3n) is 6.71. The zero-order valence-corrected chi connectivity index (χ0v) is 20.3. The predicted molar refractivity (Wildman–Crippen MR) is 137 cm³/mol. The van der Waals surface area contributed by atoms with E-state index in [0.29, 0.717) is 17.3 Å². The SMILES string of the molecule is Cc1nn(-c2ccccc2)c2c1CN(C(=O)Nc1ccc(F)cc1F)C(c1ccc(F)cc1)c1cccn1-2. The Morgan fingerprint density at radius 2 is 1.66 bits per heavy atom. The van der Waals surface area contributed by atoms with Gasteiger partial charge in [0.1, 0.15) is 23.3 Å². The Hall–Kier alpha value is -4.79. The van der Waals surface area contributed by atoms with Crippen LogP contribution in [0.15, 0.2) is 91.1 Å². The average molecular weight is 514 g/mol. The molecule has 6 nitrogen and oxygen atoms in total. The molecule has 1 aliphatic rings. The first-order chi connectivity index (χ1) is 18.4. The van der Waals surface area contributed by atoms with E-state index in [9.17, 15) is 18.0 Å². The Kier molecular flexibility index (Phi) is 5.75. The summed E-state index contributed by atoms with van der Waals surface area (Å²) in [6.45, 7) is 2.00. The summed E-state index contributed by atoms with van der Waals surface area (Å²) < 4.78 is 45.6. The number of aromatic nitrogens is 3. The van der Waals surface area contributed by atoms with Crippen LogP contribution in [0.4, 0.5) is 23.7 Å². The average Bonchev–Trinajstić information content (AvgIpc) is 3.47. The number of para-hydroxylation sites is 1. The minimum Gasteiger partial charge on any atom is -0.307 e. The molecule has 0 radical (unpaired) electrons. The van der Waals surface area contributed by atoms with Gasteiger partial charge in [-0.25, -0.2) is 22.6 Å². The highest BCUT2D eigenvalue weighted by molar-refractivity contribution is 5.90. The fourth-order valence-corrected chi connectivity index (χ4v) is 4.92. The molecule has 0 bridgehead atoms. The highest BCUT2D eigenvalue weighted by Gasteiger charge is 2.36. The highest BCUT2D eigenvalue weighted by Crippen LogP contribution is 2.38. The molecule has 1 N–H and O–H groups in total. The van der Waals surface area contributed by atoms with Crippen molar-refractivity contribution >= 4 is 11.7 Å². The first-order valence-corrected chi connectivity index (χ1v) is 12.0. The molecule has 0 saturated heterocycles. The van der Waals surface area contributed by atoms with Crippen LogP contribution < -0.4 is 5.32 Å². The molecule has 0 saturated carbocycles. The lowest BCUT2D eigenvalue weighted by Gasteiger charge is -2.31. The normalized spacial score (nSPS) is 14.5. The van der Waals surface area contributed by atoms with Crippen LogP contribution >= 0.6 is 0 Å². The van der Waals surface area contributed by atoms with Gasteiger partial charge in [-0.3, -0.25) is 0 Å². The van der Waals surface area contributed by atoms with Gasteiger partial charge in [0, 0.05) is 17.8 Å². The van der Waals surface area contributed by atoms with Gasteiger partial charge in [0.15, 0.2) is 0 Å². The van der Waals surface area contributed by atoms with Gasteiger partial charge >= 0.3 is 6.03 Å². The molecule has 0 fully saturated rings. The molecule has 3 aromatic carbocycles. The monoisotopic (exact) mass is 513 g/mol. The number of benzene rings is 3. The van der Waals surface area contributed by atoms with E-state index in [-0.39, 0.29) is 12.2 Å². The van der Waals surface area contributed by atoms with Crippen molar-refractivity contribution in [1.82, 2.24) is 19.2 Å². The first kappa shape index (κ1) is 23.6. The van der Waals surface area contributed by atoms with Crippen LogP contribution in [-0.2, 0) is 6.54 Å². The van der Waals surface area contributed by atoms with Crippen molar-refractivity contribution in [3.8, 4) is 11.5 Å². The van der Waals surface area contributed by atoms with Crippen LogP contribution in [0.5, 0.6) is 0 Å². The number of hydrogen-bond donors (Lipinski definition) is 1. The van der Waals surface area contributed by atoms with Gasteiger partial charge in [-0.15, -0.1) is 0 Å². The molecule has 0 spiro atoms. The maximum absolute atomic E-state index is 14.5. The molecule has 1 aliphatic heterocycles. The lowest BCUT2D eigenvalue weighted by Crippen LogP contribution is -2.38. The van der Waals surface area contributed by atoms with Crippen LogP contribution in [0.3, 0.4) is 0 Å². The molecule has 2 aromatic heterocycles. The van der Waals surface area contributed by atoms with Crippen molar-refractivity contribution in [2.24, 2.45) is 0 Å². The largest absolute Gasteiger partial charge is 0.323 e. The van der Waals surface area contributed by atoms with E-state index in [1.165, 1.54) is 18.2 Å². The molecule has 190 valence electrons. The summed E-state index contributed by atoms with van der Waals surface area (Å²) in [5.74, 6) is -1.26. The molecular weight excluding hydrogens is 491 g/mol. The lowest BCUT2D eigenvalue weighted by atomic mass is 10.0. The van der Waals surface area contributed by atoms with Gasteiger partial charge in [-0.2, -0.15) is 5.10 Å². The van der Waals surface area contributed by atoms with Gasteiger partial charge in [0.25, 0.3) is 0 Å². The number of urea groups is 1. The molecular formula is C29H22F3N5O. The summed E-state index contributed by atoms with van der Waals surface area (Å²) in [4.78, 5) is 15.3. The predicted octanol–water partition coefficient (Wildman–Crippen LogP) is 6.53. The summed E-state index contributed by atoms with van der Waals surface area (Å²) in [7, 11) is 0. The van der Waals surface area contributed by atoms with E-state index in [0.717, 1.165) is 28.8 Å². The van der Waals surface area contributed by atoms with Crippen molar-refractivity contribution in [3.05, 3.63) is 131 Å². The van der Waals surface area contributed by atoms with Gasteiger partial charge in [0.2, 0.25) is 0 Å². The van der Waals surface area contributed by atoms with Crippen molar-refractivity contribution < 1.29 is 18.0 Å². The van der Waals surface area contributed by atoms with Gasteiger partial charge in [-0.1, -0.05) is 30.3 Å². The van der Waals surface area contributed by atoms with Crippen LogP contribution in [-0.4, -0.2) is 25.3 Å². The molecule has 38 heavy (non-hydrogen) atoms. The van der Waals surface area contributed by atoms with Gasteiger partial charge in [0.05, 0.1) is 35.3 Å². The number of anilines is 1. The smallest absolute Gasteiger partial charge is 0.307 e. The standard InChI is InChI=1S/C29H22F3N5O/c1-18-23-17-36(29(38)33-25-14-13-21(31)16-24(25)32)27(19-9-11-20(30)12-10-19)26-8-5-15-35(26)28(23)37(34-18)22-6-3-2-4-7-22/h2-16,27H,17H2,1H3,(H,33,38). The molecule has 2 amide bonds. The lowest BCUT2D eigenvalue weighted by molar-refractivity contribution is 0.194. The fraction of sp³-hybridized carbons (Fsp3) is 0.103. The van der Waals surface area contributed by atoms with E-state index in [2.05, 4.69) is 5.32 Å². The third kappa shape index (κ3) is 4.02. The number of carbonyl (C=O) groups excluding carboxylic acids is 1. The number of fused-ring (bicyclic) bond motifs is 3. The Morgan fingerprint density at radius 1 is 0.921 bits per heavy atom. The van der Waals surface area contributed by atoms with Crippen molar-refractivity contribution in [2.45, 2.75) is 19.5 Å². The first-order valence-electron chi connectivity index (χ1n) is 12.0. The molecule has 1 unspecified atom stereocenters. The Labute approximate surface area is 216 Å². The van der Waals surface area contributed by atoms with Gasteiger partial charge < -0.3 is 14.8 Å². The molecule has 1 atom stereocenters. The quantitative estimate of drug-likeness (QED) is 0.298. The summed E-state index contributed by atoms with van der Waals surface area (Å²) >= 11 is 0. The topological polar surface area (TPSA) is 55.1 Å². The highest BCUT2D eigenvalue weighted by atomic mass is 19.1. The van der Waals surface area contributed by atoms with Crippen molar-refractivity contribution in [3.63, 3.8) is 0 Å². The summed E-state index contributed by atoms with van der Waals surface area (Å²) in [5.41, 5.74) is 3.62. The zero-order chi connectivity index (χ0) is 26.4.